The molecule has 0 saturated carbocycles. The fourth-order valence-electron chi connectivity index (χ4n) is 2.52. The van der Waals surface area contributed by atoms with E-state index in [4.69, 9.17) is 27.2 Å². The van der Waals surface area contributed by atoms with E-state index in [1.807, 2.05) is 26.1 Å². The quantitative estimate of drug-likeness (QED) is 0.481. The van der Waals surface area contributed by atoms with Gasteiger partial charge < -0.3 is 16.2 Å². The van der Waals surface area contributed by atoms with E-state index < -0.39 is 24.0 Å². The fourth-order valence-corrected chi connectivity index (χ4v) is 2.75. The first-order valence-corrected chi connectivity index (χ1v) is 9.37. The molecule has 0 spiro atoms. The summed E-state index contributed by atoms with van der Waals surface area (Å²) < 4.78 is 46.9. The number of carboxylic acids is 1. The van der Waals surface area contributed by atoms with Crippen LogP contribution in [-0.4, -0.2) is 43.5 Å². The van der Waals surface area contributed by atoms with Crippen molar-refractivity contribution in [1.29, 1.82) is 0 Å². The summed E-state index contributed by atoms with van der Waals surface area (Å²) >= 11 is 5.89. The maximum Gasteiger partial charge on any atom is 0.490 e. The number of carboxylic acid groups (broad SMARTS) is 1. The molecule has 32 heavy (non-hydrogen) atoms. The zero-order chi connectivity index (χ0) is 24.1. The number of aliphatic carboxylic acids is 1. The maximum atomic E-state index is 13.5. The zero-order valence-electron chi connectivity index (χ0n) is 16.9. The van der Waals surface area contributed by atoms with Crippen LogP contribution in [0.25, 0.3) is 5.82 Å². The lowest BCUT2D eigenvalue weighted by atomic mass is 10.1. The summed E-state index contributed by atoms with van der Waals surface area (Å²) in [6.07, 6.45) is -1.58. The number of nitrogens with zero attached hydrogens (tertiary/aromatic N) is 4. The second-order valence-electron chi connectivity index (χ2n) is 6.51. The molecule has 0 aliphatic rings. The molecule has 0 aliphatic heterocycles. The molecule has 3 rings (SSSR count). The minimum Gasteiger partial charge on any atom is -0.475 e. The second-order valence-corrected chi connectivity index (χ2v) is 6.95. The van der Waals surface area contributed by atoms with Crippen LogP contribution >= 0.6 is 11.6 Å². The van der Waals surface area contributed by atoms with Crippen LogP contribution < -0.4 is 11.1 Å². The number of nitrogens with one attached hydrogen (secondary N) is 1. The summed E-state index contributed by atoms with van der Waals surface area (Å²) in [5, 5.41) is 14.9. The molecule has 1 unspecified atom stereocenters. The van der Waals surface area contributed by atoms with Crippen LogP contribution in [0.3, 0.4) is 0 Å². The van der Waals surface area contributed by atoms with E-state index in [1.165, 1.54) is 12.1 Å². The Bertz CT molecular complexity index is 1060. The molecule has 1 atom stereocenters. The van der Waals surface area contributed by atoms with Gasteiger partial charge in [-0.05, 0) is 43.7 Å². The number of aryl methyl sites for hydroxylation is 1. The molecule has 2 heterocycles. The molecule has 3 aromatic rings. The number of carbonyl (C=O) groups is 1. The van der Waals surface area contributed by atoms with Gasteiger partial charge in [-0.3, -0.25) is 0 Å². The number of nitrogens with two attached hydrogens (primary N) is 1. The lowest BCUT2D eigenvalue weighted by Gasteiger charge is -2.17. The van der Waals surface area contributed by atoms with E-state index in [0.29, 0.717) is 34.6 Å². The van der Waals surface area contributed by atoms with Gasteiger partial charge in [-0.25, -0.2) is 23.8 Å². The highest BCUT2D eigenvalue weighted by Crippen LogP contribution is 2.22. The number of benzene rings is 1. The molecule has 1 aromatic carbocycles. The Morgan fingerprint density at radius 2 is 1.94 bits per heavy atom. The van der Waals surface area contributed by atoms with E-state index >= 15 is 0 Å². The predicted molar refractivity (Wildman–Crippen MR) is 109 cm³/mol. The third kappa shape index (κ3) is 6.89. The number of hydrogen-bond acceptors (Lipinski definition) is 6. The van der Waals surface area contributed by atoms with Crippen LogP contribution in [0.1, 0.15) is 23.0 Å². The van der Waals surface area contributed by atoms with E-state index in [-0.39, 0.29) is 0 Å². The third-order valence-corrected chi connectivity index (χ3v) is 4.22. The highest BCUT2D eigenvalue weighted by atomic mass is 35.5. The van der Waals surface area contributed by atoms with Gasteiger partial charge in [0.1, 0.15) is 17.5 Å². The fraction of sp³-hybridized carbons (Fsp3) is 0.263. The molecule has 0 bridgehead atoms. The van der Waals surface area contributed by atoms with Crippen LogP contribution in [-0.2, 0) is 4.79 Å². The molecule has 13 heteroatoms. The van der Waals surface area contributed by atoms with Crippen LogP contribution in [0, 0.1) is 19.7 Å². The van der Waals surface area contributed by atoms with Crippen molar-refractivity contribution in [2.75, 3.05) is 11.9 Å². The average Bonchev–Trinajstić information content (AvgIpc) is 3.21. The van der Waals surface area contributed by atoms with Gasteiger partial charge in [0.2, 0.25) is 0 Å². The molecule has 0 amide bonds. The van der Waals surface area contributed by atoms with Crippen LogP contribution in [0.15, 0.2) is 36.7 Å². The van der Waals surface area contributed by atoms with Crippen LogP contribution in [0.4, 0.5) is 23.4 Å². The number of anilines is 1. The Labute approximate surface area is 185 Å². The maximum absolute atomic E-state index is 13.5. The average molecular weight is 475 g/mol. The predicted octanol–water partition coefficient (Wildman–Crippen LogP) is 3.82. The molecule has 2 aromatic heterocycles. The van der Waals surface area contributed by atoms with Crippen molar-refractivity contribution >= 4 is 23.4 Å². The first-order valence-electron chi connectivity index (χ1n) is 8.99. The lowest BCUT2D eigenvalue weighted by molar-refractivity contribution is -0.192. The summed E-state index contributed by atoms with van der Waals surface area (Å²) in [5.74, 6) is -1.19. The number of hydrogen-bond donors (Lipinski definition) is 3. The van der Waals surface area contributed by atoms with Gasteiger partial charge in [-0.1, -0.05) is 11.6 Å². The van der Waals surface area contributed by atoms with Crippen molar-refractivity contribution in [2.24, 2.45) is 5.73 Å². The molecule has 0 radical (unpaired) electrons. The Morgan fingerprint density at radius 3 is 2.47 bits per heavy atom. The molecule has 172 valence electrons. The van der Waals surface area contributed by atoms with Crippen LogP contribution in [0.2, 0.25) is 5.02 Å². The third-order valence-electron chi connectivity index (χ3n) is 4.00. The molecule has 8 nitrogen and oxygen atoms in total. The Morgan fingerprint density at radius 1 is 1.28 bits per heavy atom. The summed E-state index contributed by atoms with van der Waals surface area (Å²) in [6.45, 7) is 4.09. The monoisotopic (exact) mass is 474 g/mol. The van der Waals surface area contributed by atoms with E-state index in [1.54, 1.807) is 16.9 Å². The first-order chi connectivity index (χ1) is 14.9. The van der Waals surface area contributed by atoms with Gasteiger partial charge in [-0.15, -0.1) is 0 Å². The normalized spacial score (nSPS) is 12.0. The van der Waals surface area contributed by atoms with E-state index in [0.717, 1.165) is 5.56 Å². The van der Waals surface area contributed by atoms with Gasteiger partial charge in [0.15, 0.2) is 5.82 Å². The molecule has 0 saturated heterocycles. The first kappa shape index (κ1) is 25.0. The second kappa shape index (κ2) is 10.4. The summed E-state index contributed by atoms with van der Waals surface area (Å²) in [7, 11) is 0. The van der Waals surface area contributed by atoms with E-state index in [9.17, 15) is 17.6 Å². The molecular weight excluding hydrogens is 456 g/mol. The summed E-state index contributed by atoms with van der Waals surface area (Å²) in [5.41, 5.74) is 7.62. The smallest absolute Gasteiger partial charge is 0.475 e. The van der Waals surface area contributed by atoms with Gasteiger partial charge in [-0.2, -0.15) is 18.3 Å². The molecule has 0 fully saturated rings. The molecule has 0 aliphatic carbocycles. The van der Waals surface area contributed by atoms with Crippen LogP contribution in [0.5, 0.6) is 0 Å². The minimum atomic E-state index is -5.08. The Kier molecular flexibility index (Phi) is 8.11. The minimum absolute atomic E-state index is 0.320. The van der Waals surface area contributed by atoms with Crippen molar-refractivity contribution in [3.05, 3.63) is 64.5 Å². The number of rotatable bonds is 5. The van der Waals surface area contributed by atoms with E-state index in [2.05, 4.69) is 20.4 Å². The van der Waals surface area contributed by atoms with Crippen molar-refractivity contribution in [1.82, 2.24) is 19.7 Å². The van der Waals surface area contributed by atoms with Gasteiger partial charge >= 0.3 is 12.1 Å². The SMILES string of the molecule is Cc1nc(NCC(N)c2cc(F)cc(Cl)c2)c(C)c(-n2cccn2)n1.O=C(O)C(F)(F)F. The van der Waals surface area contributed by atoms with Crippen molar-refractivity contribution < 1.29 is 27.5 Å². The molecule has 4 N–H and O–H groups in total. The zero-order valence-corrected chi connectivity index (χ0v) is 17.6. The van der Waals surface area contributed by atoms with Crippen molar-refractivity contribution in [3.8, 4) is 5.82 Å². The van der Waals surface area contributed by atoms with Crippen molar-refractivity contribution in [2.45, 2.75) is 26.1 Å². The number of halogens is 5. The highest BCUT2D eigenvalue weighted by Gasteiger charge is 2.38. The largest absolute Gasteiger partial charge is 0.490 e. The summed E-state index contributed by atoms with van der Waals surface area (Å²) in [6, 6.07) is 5.68. The molecular formula is C19H19ClF4N6O2. The summed E-state index contributed by atoms with van der Waals surface area (Å²) in [4.78, 5) is 17.8. The van der Waals surface area contributed by atoms with Crippen molar-refractivity contribution in [3.63, 3.8) is 0 Å². The van der Waals surface area contributed by atoms with Gasteiger partial charge in [0.05, 0.1) is 0 Å². The lowest BCUT2D eigenvalue weighted by Crippen LogP contribution is -2.22. The number of aromatic nitrogens is 4. The highest BCUT2D eigenvalue weighted by molar-refractivity contribution is 6.30. The Hall–Kier alpha value is -3.25. The van der Waals surface area contributed by atoms with Gasteiger partial charge in [0.25, 0.3) is 0 Å². The standard InChI is InChI=1S/C17H18ClFN6.C2HF3O2/c1-10-16(23-11(2)24-17(10)25-5-3-4-22-25)21-9-15(20)12-6-13(18)8-14(19)7-12;3-2(4,5)1(6)7/h3-8,15H,9,20H2,1-2H3,(H,21,23,24);(H,6,7). The Balaban J connectivity index is 0.000000451. The topological polar surface area (TPSA) is 119 Å². The number of alkyl halides is 3. The van der Waals surface area contributed by atoms with Gasteiger partial charge in [0, 0.05) is 35.6 Å².